The molecule has 1 unspecified atom stereocenters. The molecule has 0 radical (unpaired) electrons. The van der Waals surface area contributed by atoms with Crippen LogP contribution in [0.15, 0.2) is 28.7 Å². The number of carbonyl (C=O) groups is 2. The van der Waals surface area contributed by atoms with Gasteiger partial charge in [0.1, 0.15) is 5.78 Å². The lowest BCUT2D eigenvalue weighted by Crippen LogP contribution is -2.45. The number of likely N-dealkylation sites (tertiary alicyclic amines) is 1. The van der Waals surface area contributed by atoms with Crippen molar-refractivity contribution in [2.75, 3.05) is 6.54 Å². The summed E-state index contributed by atoms with van der Waals surface area (Å²) in [6, 6.07) is 7.93. The van der Waals surface area contributed by atoms with Crippen LogP contribution >= 0.6 is 15.9 Å². The lowest BCUT2D eigenvalue weighted by molar-refractivity contribution is -0.135. The van der Waals surface area contributed by atoms with E-state index in [1.54, 1.807) is 6.92 Å². The van der Waals surface area contributed by atoms with Gasteiger partial charge < -0.3 is 4.90 Å². The molecule has 1 fully saturated rings. The van der Waals surface area contributed by atoms with E-state index in [0.717, 1.165) is 35.8 Å². The highest BCUT2D eigenvalue weighted by molar-refractivity contribution is 9.10. The third-order valence-corrected chi connectivity index (χ3v) is 4.21. The number of benzene rings is 1. The molecule has 1 atom stereocenters. The summed E-state index contributed by atoms with van der Waals surface area (Å²) in [5.74, 6) is 0.297. The Morgan fingerprint density at radius 3 is 2.85 bits per heavy atom. The molecule has 20 heavy (non-hydrogen) atoms. The summed E-state index contributed by atoms with van der Waals surface area (Å²) in [4.78, 5) is 25.7. The van der Waals surface area contributed by atoms with Gasteiger partial charge in [-0.2, -0.15) is 0 Å². The molecule has 1 aliphatic rings. The van der Waals surface area contributed by atoms with Crippen molar-refractivity contribution in [3.63, 3.8) is 0 Å². The highest BCUT2D eigenvalue weighted by atomic mass is 79.9. The number of ketones is 1. The molecule has 1 aromatic rings. The van der Waals surface area contributed by atoms with Gasteiger partial charge in [0.05, 0.1) is 6.42 Å². The van der Waals surface area contributed by atoms with Gasteiger partial charge in [0, 0.05) is 23.5 Å². The largest absolute Gasteiger partial charge is 0.339 e. The quantitative estimate of drug-likeness (QED) is 0.844. The Morgan fingerprint density at radius 2 is 2.15 bits per heavy atom. The number of hydrogen-bond donors (Lipinski definition) is 0. The van der Waals surface area contributed by atoms with Crippen molar-refractivity contribution in [2.45, 2.75) is 45.1 Å². The molecule has 3 nitrogen and oxygen atoms in total. The summed E-state index contributed by atoms with van der Waals surface area (Å²) in [6.45, 7) is 2.39. The zero-order valence-corrected chi connectivity index (χ0v) is 13.4. The molecule has 108 valence electrons. The first-order valence-electron chi connectivity index (χ1n) is 7.09. The van der Waals surface area contributed by atoms with E-state index in [1.165, 1.54) is 0 Å². The van der Waals surface area contributed by atoms with E-state index < -0.39 is 0 Å². The topological polar surface area (TPSA) is 37.4 Å². The van der Waals surface area contributed by atoms with Crippen LogP contribution < -0.4 is 0 Å². The number of hydrogen-bond acceptors (Lipinski definition) is 2. The molecule has 1 aliphatic heterocycles. The minimum absolute atomic E-state index is 0.0981. The van der Waals surface area contributed by atoms with Gasteiger partial charge in [0.2, 0.25) is 5.91 Å². The Balaban J connectivity index is 2.04. The molecule has 0 saturated carbocycles. The third kappa shape index (κ3) is 4.17. The van der Waals surface area contributed by atoms with Crippen LogP contribution in [0.4, 0.5) is 0 Å². The monoisotopic (exact) mass is 337 g/mol. The fourth-order valence-electron chi connectivity index (χ4n) is 2.80. The van der Waals surface area contributed by atoms with Gasteiger partial charge in [0.25, 0.3) is 0 Å². The average Bonchev–Trinajstić information content (AvgIpc) is 2.38. The lowest BCUT2D eigenvalue weighted by Gasteiger charge is -2.35. The summed E-state index contributed by atoms with van der Waals surface area (Å²) in [7, 11) is 0. The zero-order valence-electron chi connectivity index (χ0n) is 11.8. The molecular formula is C16H20BrNO2. The van der Waals surface area contributed by atoms with Crippen LogP contribution in [-0.2, 0) is 16.0 Å². The predicted octanol–water partition coefficient (Wildman–Crippen LogP) is 3.35. The summed E-state index contributed by atoms with van der Waals surface area (Å²) in [5, 5.41) is 0. The van der Waals surface area contributed by atoms with Crippen molar-refractivity contribution in [1.82, 2.24) is 4.90 Å². The molecule has 1 heterocycles. The van der Waals surface area contributed by atoms with Crippen molar-refractivity contribution in [2.24, 2.45) is 0 Å². The number of Topliss-reactive ketones (excluding diaryl/α,β-unsaturated/α-hetero) is 1. The second-order valence-electron chi connectivity index (χ2n) is 5.45. The molecule has 1 saturated heterocycles. The zero-order chi connectivity index (χ0) is 14.5. The first kappa shape index (κ1) is 15.2. The maximum Gasteiger partial charge on any atom is 0.227 e. The Hall–Kier alpha value is -1.16. The number of carbonyl (C=O) groups excluding carboxylic acids is 2. The minimum Gasteiger partial charge on any atom is -0.339 e. The highest BCUT2D eigenvalue weighted by Crippen LogP contribution is 2.21. The lowest BCUT2D eigenvalue weighted by atomic mass is 9.97. The van der Waals surface area contributed by atoms with E-state index in [9.17, 15) is 9.59 Å². The van der Waals surface area contributed by atoms with Gasteiger partial charge in [-0.05, 0) is 43.9 Å². The maximum atomic E-state index is 12.5. The number of amides is 1. The molecule has 0 N–H and O–H groups in total. The van der Waals surface area contributed by atoms with E-state index >= 15 is 0 Å². The fourth-order valence-corrected chi connectivity index (χ4v) is 3.24. The smallest absolute Gasteiger partial charge is 0.227 e. The Labute approximate surface area is 128 Å². The standard InChI is InChI=1S/C16H20BrNO2/c1-12(19)9-15-7-2-3-8-18(15)16(20)11-13-5-4-6-14(17)10-13/h4-6,10,15H,2-3,7-9,11H2,1H3. The van der Waals surface area contributed by atoms with Gasteiger partial charge in [-0.3, -0.25) is 9.59 Å². The van der Waals surface area contributed by atoms with Gasteiger partial charge in [-0.1, -0.05) is 28.1 Å². The van der Waals surface area contributed by atoms with Crippen LogP contribution in [0, 0.1) is 0 Å². The van der Waals surface area contributed by atoms with E-state index in [-0.39, 0.29) is 17.7 Å². The molecule has 0 bridgehead atoms. The van der Waals surface area contributed by atoms with Crippen LogP contribution in [0.3, 0.4) is 0 Å². The SMILES string of the molecule is CC(=O)CC1CCCCN1C(=O)Cc1cccc(Br)c1. The van der Waals surface area contributed by atoms with Crippen LogP contribution in [0.5, 0.6) is 0 Å². The summed E-state index contributed by atoms with van der Waals surface area (Å²) >= 11 is 3.42. The normalized spacial score (nSPS) is 18.9. The highest BCUT2D eigenvalue weighted by Gasteiger charge is 2.27. The van der Waals surface area contributed by atoms with Crippen molar-refractivity contribution >= 4 is 27.6 Å². The van der Waals surface area contributed by atoms with E-state index in [2.05, 4.69) is 15.9 Å². The van der Waals surface area contributed by atoms with Gasteiger partial charge in [-0.15, -0.1) is 0 Å². The molecule has 2 rings (SSSR count). The minimum atomic E-state index is 0.0981. The number of rotatable bonds is 4. The van der Waals surface area contributed by atoms with Crippen molar-refractivity contribution in [1.29, 1.82) is 0 Å². The number of piperidine rings is 1. The molecule has 1 amide bonds. The second-order valence-corrected chi connectivity index (χ2v) is 6.37. The Kier molecular flexibility index (Phi) is 5.35. The molecule has 0 spiro atoms. The third-order valence-electron chi connectivity index (χ3n) is 3.71. The van der Waals surface area contributed by atoms with Crippen molar-refractivity contribution < 1.29 is 9.59 Å². The Bertz CT molecular complexity index is 501. The van der Waals surface area contributed by atoms with Gasteiger partial charge in [0.15, 0.2) is 0 Å². The Morgan fingerprint density at radius 1 is 1.35 bits per heavy atom. The van der Waals surface area contributed by atoms with E-state index in [4.69, 9.17) is 0 Å². The first-order valence-corrected chi connectivity index (χ1v) is 7.89. The molecule has 4 heteroatoms. The summed E-state index contributed by atoms with van der Waals surface area (Å²) < 4.78 is 0.988. The van der Waals surface area contributed by atoms with Crippen LogP contribution in [-0.4, -0.2) is 29.2 Å². The second kappa shape index (κ2) is 7.02. The fraction of sp³-hybridized carbons (Fsp3) is 0.500. The van der Waals surface area contributed by atoms with Crippen LogP contribution in [0.1, 0.15) is 38.2 Å². The number of nitrogens with zero attached hydrogens (tertiary/aromatic N) is 1. The first-order chi connectivity index (χ1) is 9.56. The van der Waals surface area contributed by atoms with E-state index in [0.29, 0.717) is 12.8 Å². The van der Waals surface area contributed by atoms with Gasteiger partial charge in [-0.25, -0.2) is 0 Å². The average molecular weight is 338 g/mol. The van der Waals surface area contributed by atoms with E-state index in [1.807, 2.05) is 29.2 Å². The van der Waals surface area contributed by atoms with Gasteiger partial charge >= 0.3 is 0 Å². The van der Waals surface area contributed by atoms with Crippen molar-refractivity contribution in [3.8, 4) is 0 Å². The van der Waals surface area contributed by atoms with Crippen molar-refractivity contribution in [3.05, 3.63) is 34.3 Å². The summed E-state index contributed by atoms with van der Waals surface area (Å²) in [5.41, 5.74) is 1.01. The molecule has 0 aliphatic carbocycles. The maximum absolute atomic E-state index is 12.5. The predicted molar refractivity (Wildman–Crippen MR) is 82.5 cm³/mol. The molecule has 1 aromatic carbocycles. The molecular weight excluding hydrogens is 318 g/mol. The number of halogens is 1. The van der Waals surface area contributed by atoms with Crippen LogP contribution in [0.25, 0.3) is 0 Å². The molecule has 0 aromatic heterocycles. The van der Waals surface area contributed by atoms with Crippen LogP contribution in [0.2, 0.25) is 0 Å². The summed E-state index contributed by atoms with van der Waals surface area (Å²) in [6.07, 6.45) is 4.00.